The Morgan fingerprint density at radius 3 is 2.35 bits per heavy atom. The van der Waals surface area contributed by atoms with Gasteiger partial charge in [-0.15, -0.1) is 0 Å². The van der Waals surface area contributed by atoms with Gasteiger partial charge >= 0.3 is 0 Å². The normalized spacial score (nSPS) is 24.2. The van der Waals surface area contributed by atoms with Crippen LogP contribution in [0.1, 0.15) is 37.2 Å². The number of likely N-dealkylation sites (tertiary alicyclic amines) is 1. The highest BCUT2D eigenvalue weighted by Gasteiger charge is 2.49. The molecule has 124 valence electrons. The Labute approximate surface area is 138 Å². The van der Waals surface area contributed by atoms with E-state index >= 15 is 0 Å². The molecule has 1 saturated carbocycles. The molecule has 3 heterocycles. The standard InChI is InChI=1S/C19H26N2O2/c1-20(14-16-4-2-12-22-16)18-6-7-19(18)8-10-21(11-9-19)15-17-5-3-13-23-17/h2-5,12-13,18H,6-11,14-15H2,1H3/t18-/m0/s1. The zero-order valence-corrected chi connectivity index (χ0v) is 13.9. The van der Waals surface area contributed by atoms with Crippen LogP contribution in [-0.2, 0) is 13.1 Å². The van der Waals surface area contributed by atoms with E-state index < -0.39 is 0 Å². The zero-order chi connectivity index (χ0) is 15.7. The first-order valence-electron chi connectivity index (χ1n) is 8.73. The van der Waals surface area contributed by atoms with Gasteiger partial charge in [0.15, 0.2) is 0 Å². The third-order valence-corrected chi connectivity index (χ3v) is 5.95. The lowest BCUT2D eigenvalue weighted by molar-refractivity contribution is -0.0655. The number of hydrogen-bond acceptors (Lipinski definition) is 4. The molecule has 1 atom stereocenters. The third kappa shape index (κ3) is 2.98. The maximum absolute atomic E-state index is 5.51. The molecule has 0 radical (unpaired) electrons. The average Bonchev–Trinajstić information content (AvgIpc) is 3.21. The summed E-state index contributed by atoms with van der Waals surface area (Å²) in [6.07, 6.45) is 8.87. The zero-order valence-electron chi connectivity index (χ0n) is 13.9. The molecular formula is C19H26N2O2. The van der Waals surface area contributed by atoms with Crippen LogP contribution in [0.25, 0.3) is 0 Å². The number of rotatable bonds is 5. The Hall–Kier alpha value is -1.52. The summed E-state index contributed by atoms with van der Waals surface area (Å²) in [5.41, 5.74) is 0.529. The lowest BCUT2D eigenvalue weighted by atomic mass is 9.59. The van der Waals surface area contributed by atoms with Gasteiger partial charge < -0.3 is 8.83 Å². The molecule has 23 heavy (non-hydrogen) atoms. The average molecular weight is 314 g/mol. The second-order valence-electron chi connectivity index (χ2n) is 7.27. The van der Waals surface area contributed by atoms with Gasteiger partial charge in [-0.05, 0) is 75.5 Å². The van der Waals surface area contributed by atoms with Crippen LogP contribution >= 0.6 is 0 Å². The van der Waals surface area contributed by atoms with Gasteiger partial charge in [0, 0.05) is 6.04 Å². The molecule has 4 nitrogen and oxygen atoms in total. The molecule has 0 bridgehead atoms. The molecule has 0 N–H and O–H groups in total. The summed E-state index contributed by atoms with van der Waals surface area (Å²) in [7, 11) is 2.25. The van der Waals surface area contributed by atoms with E-state index in [2.05, 4.69) is 29.0 Å². The van der Waals surface area contributed by atoms with Gasteiger partial charge in [0.25, 0.3) is 0 Å². The van der Waals surface area contributed by atoms with Crippen molar-refractivity contribution in [3.05, 3.63) is 48.3 Å². The molecule has 1 aliphatic carbocycles. The quantitative estimate of drug-likeness (QED) is 0.841. The van der Waals surface area contributed by atoms with Gasteiger partial charge in [-0.1, -0.05) is 0 Å². The van der Waals surface area contributed by atoms with E-state index in [1.807, 2.05) is 12.1 Å². The second-order valence-corrected chi connectivity index (χ2v) is 7.27. The predicted molar refractivity (Wildman–Crippen MR) is 88.8 cm³/mol. The topological polar surface area (TPSA) is 32.8 Å². The highest BCUT2D eigenvalue weighted by Crippen LogP contribution is 2.51. The summed E-state index contributed by atoms with van der Waals surface area (Å²) in [5, 5.41) is 0. The molecule has 2 aromatic rings. The molecule has 0 amide bonds. The van der Waals surface area contributed by atoms with Gasteiger partial charge in [0.05, 0.1) is 25.6 Å². The molecule has 1 spiro atoms. The molecule has 4 rings (SSSR count). The third-order valence-electron chi connectivity index (χ3n) is 5.95. The molecule has 2 aromatic heterocycles. The molecule has 4 heteroatoms. The van der Waals surface area contributed by atoms with E-state index in [0.29, 0.717) is 11.5 Å². The number of hydrogen-bond donors (Lipinski definition) is 0. The molecule has 1 saturated heterocycles. The van der Waals surface area contributed by atoms with Crippen molar-refractivity contribution in [3.63, 3.8) is 0 Å². The maximum atomic E-state index is 5.51. The van der Waals surface area contributed by atoms with Crippen molar-refractivity contribution >= 4 is 0 Å². The van der Waals surface area contributed by atoms with Crippen LogP contribution in [-0.4, -0.2) is 36.0 Å². The number of furan rings is 2. The van der Waals surface area contributed by atoms with E-state index in [1.54, 1.807) is 12.5 Å². The van der Waals surface area contributed by atoms with E-state index in [0.717, 1.165) is 24.6 Å². The van der Waals surface area contributed by atoms with E-state index in [1.165, 1.54) is 38.8 Å². The van der Waals surface area contributed by atoms with Gasteiger partial charge in [0.2, 0.25) is 0 Å². The monoisotopic (exact) mass is 314 g/mol. The van der Waals surface area contributed by atoms with Crippen molar-refractivity contribution in [2.75, 3.05) is 20.1 Å². The van der Waals surface area contributed by atoms with Crippen LogP contribution in [0, 0.1) is 5.41 Å². The van der Waals surface area contributed by atoms with Crippen molar-refractivity contribution in [1.82, 2.24) is 9.80 Å². The van der Waals surface area contributed by atoms with Crippen LogP contribution < -0.4 is 0 Å². The van der Waals surface area contributed by atoms with E-state index in [-0.39, 0.29) is 0 Å². The van der Waals surface area contributed by atoms with Crippen LogP contribution in [0.15, 0.2) is 45.6 Å². The summed E-state index contributed by atoms with van der Waals surface area (Å²) >= 11 is 0. The molecule has 2 fully saturated rings. The first kappa shape index (κ1) is 15.0. The van der Waals surface area contributed by atoms with Gasteiger partial charge in [0.1, 0.15) is 11.5 Å². The van der Waals surface area contributed by atoms with Crippen LogP contribution in [0.2, 0.25) is 0 Å². The molecule has 2 aliphatic rings. The first-order chi connectivity index (χ1) is 11.3. The molecular weight excluding hydrogens is 288 g/mol. The molecule has 1 aliphatic heterocycles. The summed E-state index contributed by atoms with van der Waals surface area (Å²) in [6, 6.07) is 8.82. The fourth-order valence-corrected chi connectivity index (χ4v) is 4.49. The van der Waals surface area contributed by atoms with Crippen LogP contribution in [0.3, 0.4) is 0 Å². The molecule has 0 aromatic carbocycles. The first-order valence-corrected chi connectivity index (χ1v) is 8.73. The predicted octanol–water partition coefficient (Wildman–Crippen LogP) is 3.75. The molecule has 0 unspecified atom stereocenters. The Bertz CT molecular complexity index is 597. The van der Waals surface area contributed by atoms with Crippen molar-refractivity contribution < 1.29 is 8.83 Å². The van der Waals surface area contributed by atoms with Crippen molar-refractivity contribution in [2.45, 2.75) is 44.8 Å². The smallest absolute Gasteiger partial charge is 0.117 e. The minimum Gasteiger partial charge on any atom is -0.468 e. The fraction of sp³-hybridized carbons (Fsp3) is 0.579. The van der Waals surface area contributed by atoms with Crippen LogP contribution in [0.5, 0.6) is 0 Å². The summed E-state index contributed by atoms with van der Waals surface area (Å²) in [5.74, 6) is 2.16. The maximum Gasteiger partial charge on any atom is 0.117 e. The minimum absolute atomic E-state index is 0.529. The fourth-order valence-electron chi connectivity index (χ4n) is 4.49. The number of piperidine rings is 1. The van der Waals surface area contributed by atoms with Crippen molar-refractivity contribution in [1.29, 1.82) is 0 Å². The van der Waals surface area contributed by atoms with Gasteiger partial charge in [-0.2, -0.15) is 0 Å². The highest BCUT2D eigenvalue weighted by atomic mass is 16.3. The largest absolute Gasteiger partial charge is 0.468 e. The Morgan fingerprint density at radius 2 is 1.78 bits per heavy atom. The minimum atomic E-state index is 0.529. The van der Waals surface area contributed by atoms with Gasteiger partial charge in [-0.3, -0.25) is 9.80 Å². The SMILES string of the molecule is CN(Cc1ccco1)[C@H]1CCC12CCN(Cc1ccco1)CC2. The van der Waals surface area contributed by atoms with Gasteiger partial charge in [-0.25, -0.2) is 0 Å². The van der Waals surface area contributed by atoms with E-state index in [9.17, 15) is 0 Å². The summed E-state index contributed by atoms with van der Waals surface area (Å²) in [6.45, 7) is 4.25. The Kier molecular flexibility index (Phi) is 4.04. The summed E-state index contributed by atoms with van der Waals surface area (Å²) < 4.78 is 11.0. The Morgan fingerprint density at radius 1 is 1.09 bits per heavy atom. The summed E-state index contributed by atoms with van der Waals surface area (Å²) in [4.78, 5) is 5.04. The lowest BCUT2D eigenvalue weighted by Crippen LogP contribution is -2.57. The lowest BCUT2D eigenvalue weighted by Gasteiger charge is -2.56. The van der Waals surface area contributed by atoms with Crippen molar-refractivity contribution in [3.8, 4) is 0 Å². The second kappa shape index (κ2) is 6.17. The van der Waals surface area contributed by atoms with Crippen molar-refractivity contribution in [2.24, 2.45) is 5.41 Å². The number of nitrogens with zero attached hydrogens (tertiary/aromatic N) is 2. The van der Waals surface area contributed by atoms with E-state index in [4.69, 9.17) is 8.83 Å². The Balaban J connectivity index is 1.33. The van der Waals surface area contributed by atoms with Crippen LogP contribution in [0.4, 0.5) is 0 Å². The highest BCUT2D eigenvalue weighted by molar-refractivity contribution is 5.06.